The first-order valence-corrected chi connectivity index (χ1v) is 4.15. The van der Waals surface area contributed by atoms with Crippen molar-refractivity contribution in [2.75, 3.05) is 13.2 Å². The van der Waals surface area contributed by atoms with Crippen molar-refractivity contribution in [2.24, 2.45) is 0 Å². The average Bonchev–Trinajstić information content (AvgIpc) is 2.72. The third-order valence-corrected chi connectivity index (χ3v) is 1.96. The molecule has 0 bridgehead atoms. The van der Waals surface area contributed by atoms with Crippen molar-refractivity contribution in [3.63, 3.8) is 0 Å². The minimum absolute atomic E-state index is 0.170. The Morgan fingerprint density at radius 1 is 1.69 bits per heavy atom. The molecular formula is C8H10N2O3. The van der Waals surface area contributed by atoms with Crippen LogP contribution in [0.1, 0.15) is 22.5 Å². The number of aromatic nitrogens is 1. The van der Waals surface area contributed by atoms with Crippen LogP contribution in [0.15, 0.2) is 10.7 Å². The van der Waals surface area contributed by atoms with Crippen molar-refractivity contribution in [3.05, 3.63) is 17.5 Å². The maximum Gasteiger partial charge on any atom is 0.282 e. The Morgan fingerprint density at radius 2 is 2.54 bits per heavy atom. The first kappa shape index (κ1) is 8.25. The summed E-state index contributed by atoms with van der Waals surface area (Å²) in [5, 5.41) is 4.88. The standard InChI is InChI=1S/C8H10N2O3/c1-6-7(5-9-13-6)8(11)10-3-2-4-12-10/h5H,2-4H2,1H3. The van der Waals surface area contributed by atoms with Crippen LogP contribution in [0.4, 0.5) is 0 Å². The van der Waals surface area contributed by atoms with Crippen molar-refractivity contribution >= 4 is 5.91 Å². The van der Waals surface area contributed by atoms with Gasteiger partial charge in [-0.1, -0.05) is 5.16 Å². The Bertz CT molecular complexity index is 315. The van der Waals surface area contributed by atoms with E-state index in [1.54, 1.807) is 6.92 Å². The molecule has 1 aromatic rings. The van der Waals surface area contributed by atoms with Crippen LogP contribution in [0.2, 0.25) is 0 Å². The van der Waals surface area contributed by atoms with Crippen LogP contribution >= 0.6 is 0 Å². The smallest absolute Gasteiger partial charge is 0.282 e. The van der Waals surface area contributed by atoms with E-state index in [4.69, 9.17) is 9.36 Å². The number of amides is 1. The van der Waals surface area contributed by atoms with Crippen molar-refractivity contribution in [1.82, 2.24) is 10.2 Å². The topological polar surface area (TPSA) is 55.6 Å². The Labute approximate surface area is 75.2 Å². The molecule has 1 amide bonds. The first-order chi connectivity index (χ1) is 6.29. The summed E-state index contributed by atoms with van der Waals surface area (Å²) >= 11 is 0. The minimum atomic E-state index is -0.170. The molecule has 1 aliphatic rings. The third kappa shape index (κ3) is 1.42. The Morgan fingerprint density at radius 3 is 3.08 bits per heavy atom. The summed E-state index contributed by atoms with van der Waals surface area (Å²) in [6.45, 7) is 2.95. The van der Waals surface area contributed by atoms with Gasteiger partial charge >= 0.3 is 0 Å². The molecule has 1 saturated heterocycles. The zero-order valence-corrected chi connectivity index (χ0v) is 7.32. The summed E-state index contributed by atoms with van der Waals surface area (Å²) in [5.74, 6) is 0.358. The van der Waals surface area contributed by atoms with Gasteiger partial charge in [-0.2, -0.15) is 0 Å². The Hall–Kier alpha value is -1.36. The molecule has 1 aliphatic heterocycles. The normalized spacial score (nSPS) is 16.5. The van der Waals surface area contributed by atoms with Crippen LogP contribution in [0, 0.1) is 6.92 Å². The molecule has 5 heteroatoms. The van der Waals surface area contributed by atoms with E-state index in [-0.39, 0.29) is 5.91 Å². The number of carbonyl (C=O) groups is 1. The fourth-order valence-corrected chi connectivity index (χ4v) is 1.25. The summed E-state index contributed by atoms with van der Waals surface area (Å²) in [4.78, 5) is 16.7. The van der Waals surface area contributed by atoms with Crippen LogP contribution in [0.3, 0.4) is 0 Å². The number of hydrogen-bond acceptors (Lipinski definition) is 4. The molecule has 0 aliphatic carbocycles. The van der Waals surface area contributed by atoms with Crippen LogP contribution in [0.25, 0.3) is 0 Å². The quantitative estimate of drug-likeness (QED) is 0.643. The fourth-order valence-electron chi connectivity index (χ4n) is 1.25. The molecule has 13 heavy (non-hydrogen) atoms. The highest BCUT2D eigenvalue weighted by Crippen LogP contribution is 2.13. The molecule has 0 radical (unpaired) electrons. The van der Waals surface area contributed by atoms with E-state index in [0.717, 1.165) is 6.42 Å². The molecule has 1 fully saturated rings. The van der Waals surface area contributed by atoms with Crippen LogP contribution in [-0.2, 0) is 4.84 Å². The van der Waals surface area contributed by atoms with Gasteiger partial charge in [0.1, 0.15) is 11.3 Å². The lowest BCUT2D eigenvalue weighted by Gasteiger charge is -2.11. The number of hydrogen-bond donors (Lipinski definition) is 0. The highest BCUT2D eigenvalue weighted by Gasteiger charge is 2.23. The van der Waals surface area contributed by atoms with Crippen LogP contribution in [-0.4, -0.2) is 29.3 Å². The van der Waals surface area contributed by atoms with Crippen LogP contribution in [0.5, 0.6) is 0 Å². The summed E-state index contributed by atoms with van der Waals surface area (Å²) < 4.78 is 4.79. The predicted molar refractivity (Wildman–Crippen MR) is 42.8 cm³/mol. The molecule has 2 heterocycles. The number of hydroxylamine groups is 2. The maximum absolute atomic E-state index is 11.6. The first-order valence-electron chi connectivity index (χ1n) is 4.15. The maximum atomic E-state index is 11.6. The second-order valence-electron chi connectivity index (χ2n) is 2.89. The van der Waals surface area contributed by atoms with Crippen molar-refractivity contribution in [2.45, 2.75) is 13.3 Å². The SMILES string of the molecule is Cc1oncc1C(=O)N1CCCO1. The van der Waals surface area contributed by atoms with E-state index in [9.17, 15) is 4.79 Å². The number of carbonyl (C=O) groups excluding carboxylic acids is 1. The number of rotatable bonds is 1. The van der Waals surface area contributed by atoms with E-state index in [2.05, 4.69) is 5.16 Å². The van der Waals surface area contributed by atoms with Gasteiger partial charge in [0, 0.05) is 0 Å². The summed E-state index contributed by atoms with van der Waals surface area (Å²) in [6.07, 6.45) is 2.30. The van der Waals surface area contributed by atoms with Gasteiger partial charge in [0.15, 0.2) is 0 Å². The lowest BCUT2D eigenvalue weighted by atomic mass is 10.2. The average molecular weight is 182 g/mol. The minimum Gasteiger partial charge on any atom is -0.361 e. The van der Waals surface area contributed by atoms with Gasteiger partial charge in [-0.3, -0.25) is 9.63 Å². The molecule has 0 spiro atoms. The van der Waals surface area contributed by atoms with E-state index in [0.29, 0.717) is 24.5 Å². The molecule has 0 unspecified atom stereocenters. The van der Waals surface area contributed by atoms with E-state index in [1.807, 2.05) is 0 Å². The summed E-state index contributed by atoms with van der Waals surface area (Å²) in [6, 6.07) is 0. The summed E-state index contributed by atoms with van der Waals surface area (Å²) in [5.41, 5.74) is 0.474. The third-order valence-electron chi connectivity index (χ3n) is 1.96. The summed E-state index contributed by atoms with van der Waals surface area (Å²) in [7, 11) is 0. The number of aryl methyl sites for hydroxylation is 1. The van der Waals surface area contributed by atoms with Gasteiger partial charge in [-0.25, -0.2) is 5.06 Å². The molecule has 0 aromatic carbocycles. The van der Waals surface area contributed by atoms with Gasteiger partial charge in [-0.05, 0) is 13.3 Å². The van der Waals surface area contributed by atoms with Crippen molar-refractivity contribution in [3.8, 4) is 0 Å². The Balaban J connectivity index is 2.17. The molecule has 1 aromatic heterocycles. The molecule has 0 N–H and O–H groups in total. The molecule has 0 atom stereocenters. The predicted octanol–water partition coefficient (Wildman–Crippen LogP) is 0.761. The molecular weight excluding hydrogens is 172 g/mol. The second kappa shape index (κ2) is 3.18. The monoisotopic (exact) mass is 182 g/mol. The highest BCUT2D eigenvalue weighted by atomic mass is 16.7. The van der Waals surface area contributed by atoms with Crippen molar-refractivity contribution < 1.29 is 14.2 Å². The molecule has 2 rings (SSSR count). The Kier molecular flexibility index (Phi) is 2.02. The van der Waals surface area contributed by atoms with E-state index >= 15 is 0 Å². The largest absolute Gasteiger partial charge is 0.361 e. The molecule has 0 saturated carbocycles. The van der Waals surface area contributed by atoms with Crippen molar-refractivity contribution in [1.29, 1.82) is 0 Å². The van der Waals surface area contributed by atoms with Gasteiger partial charge in [0.2, 0.25) is 0 Å². The number of nitrogens with zero attached hydrogens (tertiary/aromatic N) is 2. The molecule has 70 valence electrons. The van der Waals surface area contributed by atoms with E-state index < -0.39 is 0 Å². The second-order valence-corrected chi connectivity index (χ2v) is 2.89. The molecule has 5 nitrogen and oxygen atoms in total. The van der Waals surface area contributed by atoms with Gasteiger partial charge in [0.05, 0.1) is 19.3 Å². The van der Waals surface area contributed by atoms with Gasteiger partial charge in [-0.15, -0.1) is 0 Å². The fraction of sp³-hybridized carbons (Fsp3) is 0.500. The highest BCUT2D eigenvalue weighted by molar-refractivity contribution is 5.94. The zero-order chi connectivity index (χ0) is 9.26. The van der Waals surface area contributed by atoms with Gasteiger partial charge in [0.25, 0.3) is 5.91 Å². The van der Waals surface area contributed by atoms with Gasteiger partial charge < -0.3 is 4.52 Å². The lowest BCUT2D eigenvalue weighted by molar-refractivity contribution is -0.0769. The van der Waals surface area contributed by atoms with Crippen LogP contribution < -0.4 is 0 Å². The zero-order valence-electron chi connectivity index (χ0n) is 7.32. The lowest BCUT2D eigenvalue weighted by Crippen LogP contribution is -2.26. The van der Waals surface area contributed by atoms with E-state index in [1.165, 1.54) is 11.3 Å².